The number of ether oxygens (including phenoxy) is 1. The van der Waals surface area contributed by atoms with E-state index in [4.69, 9.17) is 4.74 Å². The molecule has 0 aromatic heterocycles. The molecule has 1 heterocycles. The Hall–Kier alpha value is -2.46. The van der Waals surface area contributed by atoms with Crippen LogP contribution in [0.15, 0.2) is 54.6 Å². The first kappa shape index (κ1) is 13.5. The highest BCUT2D eigenvalue weighted by atomic mass is 16.5. The largest absolute Gasteiger partial charge is 0.507 e. The van der Waals surface area contributed by atoms with Crippen LogP contribution in [0, 0.1) is 0 Å². The van der Waals surface area contributed by atoms with Crippen LogP contribution >= 0.6 is 0 Å². The molecule has 0 bridgehead atoms. The smallest absolute Gasteiger partial charge is 0.124 e. The summed E-state index contributed by atoms with van der Waals surface area (Å²) < 4.78 is 5.45. The third kappa shape index (κ3) is 2.85. The van der Waals surface area contributed by atoms with E-state index in [1.807, 2.05) is 49.4 Å². The predicted molar refractivity (Wildman–Crippen MR) is 82.7 cm³/mol. The van der Waals surface area contributed by atoms with Crippen molar-refractivity contribution in [2.24, 2.45) is 0 Å². The molecule has 2 aromatic carbocycles. The van der Waals surface area contributed by atoms with Gasteiger partial charge in [0.05, 0.1) is 18.3 Å². The van der Waals surface area contributed by atoms with Gasteiger partial charge in [-0.2, -0.15) is 0 Å². The van der Waals surface area contributed by atoms with E-state index in [9.17, 15) is 5.11 Å². The molecule has 4 nitrogen and oxygen atoms in total. The number of hydrazine groups is 1. The normalized spacial score (nSPS) is 17.2. The van der Waals surface area contributed by atoms with Crippen molar-refractivity contribution in [3.8, 4) is 11.5 Å². The molecule has 0 aliphatic carbocycles. The Kier molecular flexibility index (Phi) is 3.79. The molecule has 2 aromatic rings. The summed E-state index contributed by atoms with van der Waals surface area (Å²) >= 11 is 0. The highest BCUT2D eigenvalue weighted by molar-refractivity contribution is 5.70. The topological polar surface area (TPSA) is 53.5 Å². The lowest BCUT2D eigenvalue weighted by Gasteiger charge is -2.10. The Morgan fingerprint density at radius 3 is 2.57 bits per heavy atom. The molecule has 1 unspecified atom stereocenters. The zero-order valence-corrected chi connectivity index (χ0v) is 11.8. The van der Waals surface area contributed by atoms with Crippen molar-refractivity contribution in [1.82, 2.24) is 10.9 Å². The summed E-state index contributed by atoms with van der Waals surface area (Å²) in [4.78, 5) is 0. The summed E-state index contributed by atoms with van der Waals surface area (Å²) in [5.41, 5.74) is 9.13. The summed E-state index contributed by atoms with van der Waals surface area (Å²) in [7, 11) is 0. The first-order valence-electron chi connectivity index (χ1n) is 7.02. The van der Waals surface area contributed by atoms with Crippen molar-refractivity contribution in [2.75, 3.05) is 6.61 Å². The molecule has 4 heteroatoms. The van der Waals surface area contributed by atoms with Crippen molar-refractivity contribution in [3.05, 3.63) is 65.7 Å². The maximum absolute atomic E-state index is 9.90. The SMILES string of the molecule is CCOc1ccc(C2C=C(c3ccccc3O)NN2)cc1. The second-order valence-corrected chi connectivity index (χ2v) is 4.85. The second kappa shape index (κ2) is 5.89. The van der Waals surface area contributed by atoms with Gasteiger partial charge in [-0.05, 0) is 42.8 Å². The third-order valence-electron chi connectivity index (χ3n) is 3.44. The first-order valence-corrected chi connectivity index (χ1v) is 7.02. The fraction of sp³-hybridized carbons (Fsp3) is 0.176. The minimum atomic E-state index is 0.0651. The van der Waals surface area contributed by atoms with E-state index in [0.29, 0.717) is 6.61 Å². The molecule has 1 aliphatic heterocycles. The van der Waals surface area contributed by atoms with E-state index in [1.165, 1.54) is 0 Å². The number of phenolic OH excluding ortho intramolecular Hbond substituents is 1. The van der Waals surface area contributed by atoms with Crippen molar-refractivity contribution >= 4 is 5.70 Å². The van der Waals surface area contributed by atoms with Gasteiger partial charge in [0.15, 0.2) is 0 Å². The average Bonchev–Trinajstić information content (AvgIpc) is 2.98. The van der Waals surface area contributed by atoms with Crippen molar-refractivity contribution in [1.29, 1.82) is 0 Å². The van der Waals surface area contributed by atoms with Crippen LogP contribution in [0.2, 0.25) is 0 Å². The van der Waals surface area contributed by atoms with Gasteiger partial charge in [-0.25, -0.2) is 5.43 Å². The van der Waals surface area contributed by atoms with E-state index in [1.54, 1.807) is 6.07 Å². The molecule has 0 saturated carbocycles. The fourth-order valence-electron chi connectivity index (χ4n) is 2.38. The van der Waals surface area contributed by atoms with Crippen molar-refractivity contribution in [2.45, 2.75) is 13.0 Å². The van der Waals surface area contributed by atoms with Gasteiger partial charge in [0, 0.05) is 5.56 Å². The lowest BCUT2D eigenvalue weighted by Crippen LogP contribution is -2.26. The molecule has 1 atom stereocenters. The van der Waals surface area contributed by atoms with Gasteiger partial charge in [0.1, 0.15) is 11.5 Å². The number of hydrogen-bond acceptors (Lipinski definition) is 4. The van der Waals surface area contributed by atoms with Crippen molar-refractivity contribution < 1.29 is 9.84 Å². The number of hydrogen-bond donors (Lipinski definition) is 3. The van der Waals surface area contributed by atoms with Crippen LogP contribution < -0.4 is 15.6 Å². The van der Waals surface area contributed by atoms with E-state index >= 15 is 0 Å². The van der Waals surface area contributed by atoms with Gasteiger partial charge in [0.25, 0.3) is 0 Å². The van der Waals surface area contributed by atoms with Crippen LogP contribution in [-0.2, 0) is 0 Å². The molecule has 0 saturated heterocycles. The average molecular weight is 282 g/mol. The van der Waals surface area contributed by atoms with E-state index in [-0.39, 0.29) is 11.8 Å². The molecule has 0 fully saturated rings. The maximum Gasteiger partial charge on any atom is 0.124 e. The zero-order chi connectivity index (χ0) is 14.7. The molecule has 3 N–H and O–H groups in total. The highest BCUT2D eigenvalue weighted by Gasteiger charge is 2.18. The van der Waals surface area contributed by atoms with Crippen LogP contribution in [-0.4, -0.2) is 11.7 Å². The number of nitrogens with one attached hydrogen (secondary N) is 2. The molecule has 108 valence electrons. The third-order valence-corrected chi connectivity index (χ3v) is 3.44. The molecule has 0 radical (unpaired) electrons. The van der Waals surface area contributed by atoms with Crippen LogP contribution in [0.1, 0.15) is 24.1 Å². The standard InChI is InChI=1S/C17H18N2O2/c1-2-21-13-9-7-12(8-10-13)15-11-16(19-18-15)14-5-3-4-6-17(14)20/h3-11,15,18-20H,2H2,1H3. The molecule has 21 heavy (non-hydrogen) atoms. The van der Waals surface area contributed by atoms with Crippen LogP contribution in [0.5, 0.6) is 11.5 Å². The Labute approximate surface area is 124 Å². The summed E-state index contributed by atoms with van der Waals surface area (Å²) in [5.74, 6) is 1.14. The summed E-state index contributed by atoms with van der Waals surface area (Å²) in [6, 6.07) is 15.4. The Morgan fingerprint density at radius 2 is 1.86 bits per heavy atom. The van der Waals surface area contributed by atoms with Gasteiger partial charge >= 0.3 is 0 Å². The molecule has 0 amide bonds. The molecule has 1 aliphatic rings. The maximum atomic E-state index is 9.90. The number of para-hydroxylation sites is 1. The molecule has 0 spiro atoms. The van der Waals surface area contributed by atoms with E-state index in [0.717, 1.165) is 22.6 Å². The summed E-state index contributed by atoms with van der Waals surface area (Å²) in [6.07, 6.45) is 2.06. The Balaban J connectivity index is 1.81. The van der Waals surface area contributed by atoms with Gasteiger partial charge < -0.3 is 15.3 Å². The lowest BCUT2D eigenvalue weighted by atomic mass is 10.0. The number of phenols is 1. The van der Waals surface area contributed by atoms with Crippen LogP contribution in [0.4, 0.5) is 0 Å². The molecule has 3 rings (SSSR count). The Morgan fingerprint density at radius 1 is 1.10 bits per heavy atom. The van der Waals surface area contributed by atoms with Gasteiger partial charge in [-0.15, -0.1) is 0 Å². The minimum Gasteiger partial charge on any atom is -0.507 e. The monoisotopic (exact) mass is 282 g/mol. The first-order chi connectivity index (χ1) is 10.3. The van der Waals surface area contributed by atoms with Gasteiger partial charge in [-0.1, -0.05) is 24.3 Å². The van der Waals surface area contributed by atoms with E-state index < -0.39 is 0 Å². The quantitative estimate of drug-likeness (QED) is 0.807. The Bertz CT molecular complexity index is 650. The summed E-state index contributed by atoms with van der Waals surface area (Å²) in [6.45, 7) is 2.64. The van der Waals surface area contributed by atoms with E-state index in [2.05, 4.69) is 16.9 Å². The number of rotatable bonds is 4. The second-order valence-electron chi connectivity index (χ2n) is 4.85. The summed E-state index contributed by atoms with van der Waals surface area (Å²) in [5, 5.41) is 9.90. The molecular formula is C17H18N2O2. The van der Waals surface area contributed by atoms with Crippen LogP contribution in [0.25, 0.3) is 5.70 Å². The highest BCUT2D eigenvalue weighted by Crippen LogP contribution is 2.29. The fourth-order valence-corrected chi connectivity index (χ4v) is 2.38. The number of aromatic hydroxyl groups is 1. The number of benzene rings is 2. The minimum absolute atomic E-state index is 0.0651. The zero-order valence-electron chi connectivity index (χ0n) is 11.8. The van der Waals surface area contributed by atoms with Crippen LogP contribution in [0.3, 0.4) is 0 Å². The lowest BCUT2D eigenvalue weighted by molar-refractivity contribution is 0.340. The van der Waals surface area contributed by atoms with Crippen molar-refractivity contribution in [3.63, 3.8) is 0 Å². The predicted octanol–water partition coefficient (Wildman–Crippen LogP) is 2.98. The van der Waals surface area contributed by atoms with Gasteiger partial charge in [0.2, 0.25) is 0 Å². The van der Waals surface area contributed by atoms with Gasteiger partial charge in [-0.3, -0.25) is 0 Å². The molecular weight excluding hydrogens is 264 g/mol.